The summed E-state index contributed by atoms with van der Waals surface area (Å²) < 4.78 is 1.32. The summed E-state index contributed by atoms with van der Waals surface area (Å²) in [7, 11) is 0. The molecular formula is C17H11NS. The fourth-order valence-corrected chi connectivity index (χ4v) is 3.39. The molecule has 2 aromatic carbocycles. The first kappa shape index (κ1) is 10.7. The van der Waals surface area contributed by atoms with E-state index in [2.05, 4.69) is 46.8 Å². The van der Waals surface area contributed by atoms with Crippen LogP contribution in [-0.4, -0.2) is 6.21 Å². The molecule has 0 amide bonds. The van der Waals surface area contributed by atoms with Crippen LogP contribution in [0.1, 0.15) is 16.7 Å². The van der Waals surface area contributed by atoms with Crippen LogP contribution in [-0.2, 0) is 0 Å². The number of rotatable bonds is 1. The second-order valence-electron chi connectivity index (χ2n) is 4.57. The van der Waals surface area contributed by atoms with Crippen molar-refractivity contribution in [3.05, 3.63) is 70.6 Å². The van der Waals surface area contributed by atoms with Crippen LogP contribution in [0.2, 0.25) is 0 Å². The Balaban J connectivity index is 1.98. The molecule has 2 heteroatoms. The van der Waals surface area contributed by atoms with E-state index >= 15 is 0 Å². The number of benzene rings is 2. The topological polar surface area (TPSA) is 12.4 Å². The van der Waals surface area contributed by atoms with Crippen LogP contribution in [0, 0.1) is 0 Å². The molecule has 0 radical (unpaired) electrons. The van der Waals surface area contributed by atoms with E-state index in [1.165, 1.54) is 21.2 Å². The average molecular weight is 261 g/mol. The van der Waals surface area contributed by atoms with E-state index in [4.69, 9.17) is 0 Å². The summed E-state index contributed by atoms with van der Waals surface area (Å²) in [4.78, 5) is 4.65. The van der Waals surface area contributed by atoms with Gasteiger partial charge in [0.25, 0.3) is 0 Å². The van der Waals surface area contributed by atoms with Crippen molar-refractivity contribution < 1.29 is 0 Å². The molecule has 0 unspecified atom stereocenters. The minimum absolute atomic E-state index is 1.02. The predicted octanol–water partition coefficient (Wildman–Crippen LogP) is 4.83. The fourth-order valence-electron chi connectivity index (χ4n) is 2.45. The lowest BCUT2D eigenvalue weighted by molar-refractivity contribution is 1.53. The zero-order chi connectivity index (χ0) is 12.7. The molecule has 1 aliphatic heterocycles. The number of nitrogens with zero attached hydrogens (tertiary/aromatic N) is 1. The van der Waals surface area contributed by atoms with Crippen LogP contribution in [0.25, 0.3) is 21.9 Å². The van der Waals surface area contributed by atoms with Crippen molar-refractivity contribution in [2.24, 2.45) is 4.99 Å². The zero-order valence-electron chi connectivity index (χ0n) is 10.2. The third-order valence-corrected chi connectivity index (χ3v) is 4.33. The average Bonchev–Trinajstić information content (AvgIpc) is 2.78. The van der Waals surface area contributed by atoms with Crippen molar-refractivity contribution >= 4 is 39.4 Å². The smallest absolute Gasteiger partial charge is 0.0708 e. The lowest BCUT2D eigenvalue weighted by atomic mass is 10.1. The number of aliphatic imine (C=N–C) groups is 1. The first-order valence-electron chi connectivity index (χ1n) is 6.23. The molecule has 0 bridgehead atoms. The number of hydrogen-bond acceptors (Lipinski definition) is 2. The van der Waals surface area contributed by atoms with E-state index in [-0.39, 0.29) is 0 Å². The monoisotopic (exact) mass is 261 g/mol. The maximum absolute atomic E-state index is 4.65. The van der Waals surface area contributed by atoms with E-state index in [9.17, 15) is 0 Å². The van der Waals surface area contributed by atoms with E-state index in [1.54, 1.807) is 11.3 Å². The normalized spacial score (nSPS) is 13.4. The highest BCUT2D eigenvalue weighted by Crippen LogP contribution is 2.33. The van der Waals surface area contributed by atoms with E-state index in [1.807, 2.05) is 24.4 Å². The van der Waals surface area contributed by atoms with Crippen LogP contribution >= 0.6 is 11.3 Å². The number of thiophene rings is 1. The SMILES string of the molecule is C1=NC(c2ccccc2)=Cc2cccc3scc1c23. The third kappa shape index (κ3) is 1.72. The van der Waals surface area contributed by atoms with Crippen LogP contribution in [0.15, 0.2) is 58.9 Å². The summed E-state index contributed by atoms with van der Waals surface area (Å²) in [5, 5.41) is 3.50. The van der Waals surface area contributed by atoms with Crippen LogP contribution in [0.3, 0.4) is 0 Å². The second kappa shape index (κ2) is 4.18. The second-order valence-corrected chi connectivity index (χ2v) is 5.48. The standard InChI is InChI=1S/C17H11NS/c1-2-5-12(6-3-1)15-9-13-7-4-8-16-17(13)14(10-18-15)11-19-16/h1-11H. The first-order chi connectivity index (χ1) is 9.42. The van der Waals surface area contributed by atoms with Crippen molar-refractivity contribution in [2.75, 3.05) is 0 Å². The molecule has 1 nitrogen and oxygen atoms in total. The predicted molar refractivity (Wildman–Crippen MR) is 83.7 cm³/mol. The molecule has 4 rings (SSSR count). The van der Waals surface area contributed by atoms with Gasteiger partial charge in [0, 0.05) is 32.8 Å². The molecule has 0 spiro atoms. The molecule has 0 saturated heterocycles. The van der Waals surface area contributed by atoms with Crippen molar-refractivity contribution in [1.82, 2.24) is 0 Å². The number of hydrogen-bond donors (Lipinski definition) is 0. The maximum atomic E-state index is 4.65. The van der Waals surface area contributed by atoms with Crippen LogP contribution < -0.4 is 0 Å². The van der Waals surface area contributed by atoms with Gasteiger partial charge in [0.15, 0.2) is 0 Å². The molecule has 3 aromatic rings. The Morgan fingerprint density at radius 2 is 1.74 bits per heavy atom. The van der Waals surface area contributed by atoms with Gasteiger partial charge < -0.3 is 0 Å². The van der Waals surface area contributed by atoms with Gasteiger partial charge in [-0.3, -0.25) is 4.99 Å². The van der Waals surface area contributed by atoms with Crippen molar-refractivity contribution in [1.29, 1.82) is 0 Å². The third-order valence-electron chi connectivity index (χ3n) is 3.36. The molecule has 0 N–H and O–H groups in total. The van der Waals surface area contributed by atoms with Crippen LogP contribution in [0.5, 0.6) is 0 Å². The summed E-state index contributed by atoms with van der Waals surface area (Å²) in [5.74, 6) is 0. The highest BCUT2D eigenvalue weighted by molar-refractivity contribution is 7.17. The minimum Gasteiger partial charge on any atom is -0.256 e. The Morgan fingerprint density at radius 3 is 2.63 bits per heavy atom. The Hall–Kier alpha value is -2.19. The van der Waals surface area contributed by atoms with Gasteiger partial charge in [-0.1, -0.05) is 42.5 Å². The van der Waals surface area contributed by atoms with Crippen LogP contribution in [0.4, 0.5) is 0 Å². The highest BCUT2D eigenvalue weighted by Gasteiger charge is 2.10. The van der Waals surface area contributed by atoms with Gasteiger partial charge in [-0.05, 0) is 17.7 Å². The summed E-state index contributed by atoms with van der Waals surface area (Å²) >= 11 is 1.78. The molecular weight excluding hydrogens is 250 g/mol. The first-order valence-corrected chi connectivity index (χ1v) is 7.11. The van der Waals surface area contributed by atoms with Gasteiger partial charge in [-0.2, -0.15) is 0 Å². The summed E-state index contributed by atoms with van der Waals surface area (Å²) in [6.07, 6.45) is 4.16. The molecule has 19 heavy (non-hydrogen) atoms. The van der Waals surface area contributed by atoms with Gasteiger partial charge >= 0.3 is 0 Å². The maximum Gasteiger partial charge on any atom is 0.0708 e. The Morgan fingerprint density at radius 1 is 0.842 bits per heavy atom. The van der Waals surface area contributed by atoms with Gasteiger partial charge in [0.1, 0.15) is 0 Å². The van der Waals surface area contributed by atoms with E-state index < -0.39 is 0 Å². The van der Waals surface area contributed by atoms with Crippen molar-refractivity contribution in [3.63, 3.8) is 0 Å². The summed E-state index contributed by atoms with van der Waals surface area (Å²) in [5.41, 5.74) is 4.65. The molecule has 0 aliphatic carbocycles. The van der Waals surface area contributed by atoms with Crippen molar-refractivity contribution in [3.8, 4) is 0 Å². The van der Waals surface area contributed by atoms with E-state index in [0.717, 1.165) is 11.3 Å². The Bertz CT molecular complexity index is 810. The molecule has 1 aliphatic rings. The summed E-state index contributed by atoms with van der Waals surface area (Å²) in [6, 6.07) is 16.8. The minimum atomic E-state index is 1.02. The Labute approximate surface area is 115 Å². The molecule has 0 atom stereocenters. The molecule has 2 heterocycles. The summed E-state index contributed by atoms with van der Waals surface area (Å²) in [6.45, 7) is 0. The molecule has 1 aromatic heterocycles. The highest BCUT2D eigenvalue weighted by atomic mass is 32.1. The largest absolute Gasteiger partial charge is 0.256 e. The molecule has 0 fully saturated rings. The van der Waals surface area contributed by atoms with Gasteiger partial charge in [-0.25, -0.2) is 0 Å². The van der Waals surface area contributed by atoms with E-state index in [0.29, 0.717) is 0 Å². The zero-order valence-corrected chi connectivity index (χ0v) is 11.0. The lowest BCUT2D eigenvalue weighted by Crippen LogP contribution is -1.80. The quantitative estimate of drug-likeness (QED) is 0.595. The molecule has 0 saturated carbocycles. The Kier molecular flexibility index (Phi) is 2.35. The van der Waals surface area contributed by atoms with Crippen molar-refractivity contribution in [2.45, 2.75) is 0 Å². The van der Waals surface area contributed by atoms with Gasteiger partial charge in [0.05, 0.1) is 5.70 Å². The fraction of sp³-hybridized carbons (Fsp3) is 0. The van der Waals surface area contributed by atoms with Gasteiger partial charge in [0.2, 0.25) is 0 Å². The van der Waals surface area contributed by atoms with Gasteiger partial charge in [-0.15, -0.1) is 11.3 Å². The lowest BCUT2D eigenvalue weighted by Gasteiger charge is -2.01. The molecule has 90 valence electrons.